The van der Waals surface area contributed by atoms with Crippen LogP contribution in [0, 0.1) is 11.3 Å². The van der Waals surface area contributed by atoms with Crippen LogP contribution in [0.4, 0.5) is 0 Å². The van der Waals surface area contributed by atoms with E-state index in [-0.39, 0.29) is 5.91 Å². The first-order valence-corrected chi connectivity index (χ1v) is 6.80. The molecule has 0 radical (unpaired) electrons. The molecule has 2 rings (SSSR count). The fraction of sp³-hybridized carbons (Fsp3) is 0.214. The molecular weight excluding hydrogens is 258 g/mol. The number of rotatable bonds is 5. The van der Waals surface area contributed by atoms with Crippen LogP contribution in [-0.2, 0) is 17.6 Å². The Labute approximate surface area is 115 Å². The largest absolute Gasteiger partial charge is 0.355 e. The van der Waals surface area contributed by atoms with Gasteiger partial charge in [-0.1, -0.05) is 12.1 Å². The average molecular weight is 271 g/mol. The van der Waals surface area contributed by atoms with Crippen molar-refractivity contribution in [1.29, 1.82) is 5.26 Å². The number of carbonyl (C=O) groups excluding carboxylic acids is 1. The molecule has 4 nitrogen and oxygen atoms in total. The highest BCUT2D eigenvalue weighted by Gasteiger charge is 2.03. The molecule has 0 atom stereocenters. The molecule has 0 saturated heterocycles. The highest BCUT2D eigenvalue weighted by Crippen LogP contribution is 2.05. The summed E-state index contributed by atoms with van der Waals surface area (Å²) in [6.45, 7) is 0.600. The Hall–Kier alpha value is -2.19. The van der Waals surface area contributed by atoms with E-state index >= 15 is 0 Å². The summed E-state index contributed by atoms with van der Waals surface area (Å²) in [7, 11) is 0. The first-order chi connectivity index (χ1) is 9.28. The van der Waals surface area contributed by atoms with E-state index in [2.05, 4.69) is 16.4 Å². The molecule has 0 aliphatic carbocycles. The van der Waals surface area contributed by atoms with Gasteiger partial charge in [0.05, 0.1) is 23.1 Å². The van der Waals surface area contributed by atoms with Gasteiger partial charge in [0.15, 0.2) is 0 Å². The topological polar surface area (TPSA) is 65.8 Å². The minimum Gasteiger partial charge on any atom is -0.355 e. The second-order valence-corrected chi connectivity index (χ2v) is 4.99. The van der Waals surface area contributed by atoms with Crippen molar-refractivity contribution in [3.05, 3.63) is 52.0 Å². The van der Waals surface area contributed by atoms with Gasteiger partial charge < -0.3 is 5.32 Å². The maximum atomic E-state index is 11.7. The molecule has 0 bridgehead atoms. The lowest BCUT2D eigenvalue weighted by Gasteiger charge is -2.04. The van der Waals surface area contributed by atoms with Crippen LogP contribution in [0.15, 0.2) is 35.8 Å². The number of amides is 1. The van der Waals surface area contributed by atoms with Gasteiger partial charge in [-0.05, 0) is 17.7 Å². The number of hydrogen-bond acceptors (Lipinski definition) is 4. The van der Waals surface area contributed by atoms with Crippen LogP contribution in [0.5, 0.6) is 0 Å². The zero-order chi connectivity index (χ0) is 13.5. The summed E-state index contributed by atoms with van der Waals surface area (Å²) < 4.78 is 0. The summed E-state index contributed by atoms with van der Waals surface area (Å²) in [6.07, 6.45) is 2.86. The third-order valence-corrected chi connectivity index (χ3v) is 3.43. The number of nitrogens with one attached hydrogen (secondary N) is 1. The molecule has 0 spiro atoms. The van der Waals surface area contributed by atoms with Gasteiger partial charge in [0.25, 0.3) is 0 Å². The molecule has 1 aromatic heterocycles. The Kier molecular flexibility index (Phi) is 4.65. The molecule has 1 N–H and O–H groups in total. The van der Waals surface area contributed by atoms with Crippen molar-refractivity contribution in [1.82, 2.24) is 10.3 Å². The second kappa shape index (κ2) is 6.66. The van der Waals surface area contributed by atoms with Crippen LogP contribution in [0.1, 0.15) is 16.1 Å². The number of carbonyl (C=O) groups is 1. The van der Waals surface area contributed by atoms with Crippen LogP contribution in [0.2, 0.25) is 0 Å². The molecule has 0 aliphatic heterocycles. The molecule has 96 valence electrons. The lowest BCUT2D eigenvalue weighted by atomic mass is 10.1. The molecule has 0 aliphatic rings. The lowest BCUT2D eigenvalue weighted by Crippen LogP contribution is -2.27. The average Bonchev–Trinajstić information content (AvgIpc) is 2.93. The fourth-order valence-corrected chi connectivity index (χ4v) is 2.25. The molecule has 0 saturated carbocycles. The van der Waals surface area contributed by atoms with Gasteiger partial charge >= 0.3 is 0 Å². The number of nitrogens with zero attached hydrogens (tertiary/aromatic N) is 2. The number of benzene rings is 1. The van der Waals surface area contributed by atoms with Crippen LogP contribution in [0.25, 0.3) is 0 Å². The Morgan fingerprint density at radius 3 is 2.79 bits per heavy atom. The van der Waals surface area contributed by atoms with Crippen molar-refractivity contribution in [2.45, 2.75) is 12.8 Å². The standard InChI is InChI=1S/C14H13N3OS/c15-10-12-3-1-11(2-4-12)9-13(18)16-6-5-14-17-7-8-19-14/h1-4,7-8H,5-6,9H2,(H,16,18). The SMILES string of the molecule is N#Cc1ccc(CC(=O)NCCc2nccs2)cc1. The second-order valence-electron chi connectivity index (χ2n) is 4.01. The molecule has 1 heterocycles. The molecule has 1 amide bonds. The summed E-state index contributed by atoms with van der Waals surface area (Å²) in [5, 5.41) is 14.5. The minimum atomic E-state index is -0.0127. The van der Waals surface area contributed by atoms with Crippen LogP contribution in [-0.4, -0.2) is 17.4 Å². The van der Waals surface area contributed by atoms with Gasteiger partial charge in [-0.2, -0.15) is 5.26 Å². The predicted molar refractivity (Wildman–Crippen MR) is 73.7 cm³/mol. The highest BCUT2D eigenvalue weighted by atomic mass is 32.1. The van der Waals surface area contributed by atoms with Gasteiger partial charge in [-0.3, -0.25) is 4.79 Å². The van der Waals surface area contributed by atoms with Crippen molar-refractivity contribution in [3.63, 3.8) is 0 Å². The van der Waals surface area contributed by atoms with Gasteiger partial charge in [0.2, 0.25) is 5.91 Å². The smallest absolute Gasteiger partial charge is 0.224 e. The van der Waals surface area contributed by atoms with E-state index in [1.54, 1.807) is 41.8 Å². The summed E-state index contributed by atoms with van der Waals surface area (Å²) >= 11 is 1.59. The quantitative estimate of drug-likeness (QED) is 0.903. The highest BCUT2D eigenvalue weighted by molar-refractivity contribution is 7.09. The fourth-order valence-electron chi connectivity index (χ4n) is 1.63. The van der Waals surface area contributed by atoms with Gasteiger partial charge in [-0.25, -0.2) is 4.98 Å². The van der Waals surface area contributed by atoms with Crippen LogP contribution in [0.3, 0.4) is 0 Å². The van der Waals surface area contributed by atoms with Crippen LogP contribution >= 0.6 is 11.3 Å². The zero-order valence-electron chi connectivity index (χ0n) is 10.3. The molecule has 0 unspecified atom stereocenters. The number of aromatic nitrogens is 1. The maximum absolute atomic E-state index is 11.7. The van der Waals surface area contributed by atoms with Crippen molar-refractivity contribution in [2.24, 2.45) is 0 Å². The zero-order valence-corrected chi connectivity index (χ0v) is 11.1. The van der Waals surface area contributed by atoms with Crippen molar-refractivity contribution < 1.29 is 4.79 Å². The summed E-state index contributed by atoms with van der Waals surface area (Å²) in [4.78, 5) is 15.9. The van der Waals surface area contributed by atoms with Gasteiger partial charge in [-0.15, -0.1) is 11.3 Å². The Balaban J connectivity index is 1.76. The number of nitriles is 1. The monoisotopic (exact) mass is 271 g/mol. The molecular formula is C14H13N3OS. The minimum absolute atomic E-state index is 0.0127. The van der Waals surface area contributed by atoms with E-state index in [4.69, 9.17) is 5.26 Å². The predicted octanol–water partition coefficient (Wildman–Crippen LogP) is 1.92. The van der Waals surface area contributed by atoms with Gasteiger partial charge in [0.1, 0.15) is 0 Å². The molecule has 2 aromatic rings. The number of hydrogen-bond donors (Lipinski definition) is 1. The van der Waals surface area contributed by atoms with Crippen molar-refractivity contribution in [2.75, 3.05) is 6.54 Å². The molecule has 19 heavy (non-hydrogen) atoms. The maximum Gasteiger partial charge on any atom is 0.224 e. The molecule has 0 fully saturated rings. The Morgan fingerprint density at radius 1 is 1.37 bits per heavy atom. The van der Waals surface area contributed by atoms with E-state index in [1.807, 2.05) is 5.38 Å². The summed E-state index contributed by atoms with van der Waals surface area (Å²) in [5.41, 5.74) is 1.51. The van der Waals surface area contributed by atoms with E-state index in [1.165, 1.54) is 0 Å². The summed E-state index contributed by atoms with van der Waals surface area (Å²) in [6, 6.07) is 9.10. The molecule has 1 aromatic carbocycles. The number of thiazole rings is 1. The van der Waals surface area contributed by atoms with Crippen LogP contribution < -0.4 is 5.32 Å². The van der Waals surface area contributed by atoms with E-state index in [0.717, 1.165) is 17.0 Å². The van der Waals surface area contributed by atoms with Gasteiger partial charge in [0, 0.05) is 24.5 Å². The first-order valence-electron chi connectivity index (χ1n) is 5.92. The third kappa shape index (κ3) is 4.19. The first kappa shape index (κ1) is 13.2. The lowest BCUT2D eigenvalue weighted by molar-refractivity contribution is -0.120. The van der Waals surface area contributed by atoms with E-state index < -0.39 is 0 Å². The normalized spacial score (nSPS) is 9.84. The van der Waals surface area contributed by atoms with E-state index in [0.29, 0.717) is 18.5 Å². The Morgan fingerprint density at radius 2 is 2.16 bits per heavy atom. The summed E-state index contributed by atoms with van der Waals surface area (Å²) in [5.74, 6) is -0.0127. The van der Waals surface area contributed by atoms with Crippen molar-refractivity contribution in [3.8, 4) is 6.07 Å². The van der Waals surface area contributed by atoms with E-state index in [9.17, 15) is 4.79 Å². The molecule has 5 heteroatoms. The third-order valence-electron chi connectivity index (χ3n) is 2.59. The Bertz CT molecular complexity index is 570. The van der Waals surface area contributed by atoms with Crippen molar-refractivity contribution >= 4 is 17.2 Å².